The lowest BCUT2D eigenvalue weighted by molar-refractivity contribution is -0.128. The summed E-state index contributed by atoms with van der Waals surface area (Å²) >= 11 is 0. The van der Waals surface area contributed by atoms with Crippen LogP contribution in [0.1, 0.15) is 67.6 Å². The van der Waals surface area contributed by atoms with Crippen LogP contribution in [-0.2, 0) is 20.9 Å². The van der Waals surface area contributed by atoms with Crippen LogP contribution in [0.2, 0.25) is 0 Å². The van der Waals surface area contributed by atoms with Gasteiger partial charge in [0.15, 0.2) is 11.9 Å². The van der Waals surface area contributed by atoms with Gasteiger partial charge in [-0.25, -0.2) is 0 Å². The van der Waals surface area contributed by atoms with Crippen LogP contribution >= 0.6 is 0 Å². The first-order valence-electron chi connectivity index (χ1n) is 15.2. The summed E-state index contributed by atoms with van der Waals surface area (Å²) in [7, 11) is 0. The highest BCUT2D eigenvalue weighted by atomic mass is 16.5. The van der Waals surface area contributed by atoms with E-state index in [-0.39, 0.29) is 17.2 Å². The normalized spacial score (nSPS) is 13.6. The first kappa shape index (κ1) is 36.2. The van der Waals surface area contributed by atoms with Gasteiger partial charge in [-0.15, -0.1) is 0 Å². The summed E-state index contributed by atoms with van der Waals surface area (Å²) in [6.45, 7) is 12.9. The van der Waals surface area contributed by atoms with Gasteiger partial charge in [0, 0.05) is 18.2 Å². The van der Waals surface area contributed by atoms with Gasteiger partial charge in [0.05, 0.1) is 0 Å². The Labute approximate surface area is 274 Å². The molecule has 0 saturated heterocycles. The molecule has 0 aliphatic carbocycles. The summed E-state index contributed by atoms with van der Waals surface area (Å²) in [5.74, 6) is -1.30. The maximum Gasteiger partial charge on any atom is 0.274 e. The van der Waals surface area contributed by atoms with Gasteiger partial charge in [0.2, 0.25) is 5.91 Å². The van der Waals surface area contributed by atoms with Gasteiger partial charge in [-0.3, -0.25) is 19.7 Å². The molecule has 0 aliphatic heterocycles. The molecule has 12 heteroatoms. The van der Waals surface area contributed by atoms with Crippen LogP contribution in [0.4, 0.5) is 0 Å². The largest absolute Gasteiger partial charge is 0.473 e. The number of amides is 3. The molecule has 3 aromatic rings. The number of benzene rings is 2. The maximum absolute atomic E-state index is 13.5. The fourth-order valence-electron chi connectivity index (χ4n) is 4.37. The molecule has 0 bridgehead atoms. The third kappa shape index (κ3) is 11.2. The fourth-order valence-corrected chi connectivity index (χ4v) is 4.37. The van der Waals surface area contributed by atoms with Gasteiger partial charge in [-0.1, -0.05) is 61.0 Å². The second-order valence-corrected chi connectivity index (χ2v) is 12.5. The highest BCUT2D eigenvalue weighted by Gasteiger charge is 2.31. The Bertz CT molecular complexity index is 1630. The van der Waals surface area contributed by atoms with Gasteiger partial charge >= 0.3 is 0 Å². The van der Waals surface area contributed by atoms with Crippen LogP contribution in [0.5, 0.6) is 5.75 Å². The van der Waals surface area contributed by atoms with Crippen LogP contribution in [0.3, 0.4) is 0 Å². The predicted molar refractivity (Wildman–Crippen MR) is 176 cm³/mol. The maximum atomic E-state index is 13.5. The highest BCUT2D eigenvalue weighted by molar-refractivity contribution is 6.02. The number of nitriles is 1. The zero-order valence-corrected chi connectivity index (χ0v) is 27.7. The number of carbonyl (C=O) groups excluding carboxylic acids is 4. The van der Waals surface area contributed by atoms with Crippen molar-refractivity contribution in [3.63, 3.8) is 0 Å². The van der Waals surface area contributed by atoms with E-state index in [0.29, 0.717) is 29.9 Å². The van der Waals surface area contributed by atoms with Gasteiger partial charge in [-0.2, -0.15) is 5.26 Å². The Morgan fingerprint density at radius 3 is 2.32 bits per heavy atom. The molecule has 1 aromatic heterocycles. The Morgan fingerprint density at radius 1 is 1.04 bits per heavy atom. The topological polar surface area (TPSA) is 175 Å². The van der Waals surface area contributed by atoms with Crippen molar-refractivity contribution in [1.29, 1.82) is 5.26 Å². The smallest absolute Gasteiger partial charge is 0.274 e. The minimum atomic E-state index is -1.19. The minimum absolute atomic E-state index is 0.0261. The first-order chi connectivity index (χ1) is 22.2. The minimum Gasteiger partial charge on any atom is -0.473 e. The third-order valence-electron chi connectivity index (χ3n) is 6.79. The van der Waals surface area contributed by atoms with Crippen molar-refractivity contribution in [3.05, 3.63) is 88.3 Å². The number of nitrogens with one attached hydrogen (secondary N) is 4. The third-order valence-corrected chi connectivity index (χ3v) is 6.79. The number of carbonyl (C=O) groups is 4. The van der Waals surface area contributed by atoms with Crippen LogP contribution in [0, 0.1) is 31.1 Å². The molecule has 3 amide bonds. The summed E-state index contributed by atoms with van der Waals surface area (Å²) in [4.78, 5) is 51.3. The highest BCUT2D eigenvalue weighted by Crippen LogP contribution is 2.19. The van der Waals surface area contributed by atoms with Crippen LogP contribution in [-0.4, -0.2) is 53.0 Å². The van der Waals surface area contributed by atoms with Crippen molar-refractivity contribution < 1.29 is 28.4 Å². The van der Waals surface area contributed by atoms with Crippen molar-refractivity contribution >= 4 is 30.1 Å². The first-order valence-corrected chi connectivity index (χ1v) is 15.2. The monoisotopic (exact) mass is 642 g/mol. The van der Waals surface area contributed by atoms with E-state index in [4.69, 9.17) is 9.26 Å². The number of nitrogens with zero attached hydrogens (tertiary/aromatic N) is 2. The number of rotatable bonds is 14. The molecule has 12 nitrogen and oxygen atoms in total. The molecule has 248 valence electrons. The van der Waals surface area contributed by atoms with Gasteiger partial charge in [0.25, 0.3) is 11.8 Å². The number of hydrogen-bond donors (Lipinski definition) is 4. The lowest BCUT2D eigenvalue weighted by Crippen LogP contribution is -2.58. The van der Waals surface area contributed by atoms with Crippen LogP contribution in [0.25, 0.3) is 6.08 Å². The average Bonchev–Trinajstić information content (AvgIpc) is 3.45. The fraction of sp³-hybridized carbons (Fsp3) is 0.371. The molecule has 0 fully saturated rings. The molecule has 3 rings (SSSR count). The molecule has 1 heterocycles. The number of aromatic nitrogens is 1. The molecule has 47 heavy (non-hydrogen) atoms. The van der Waals surface area contributed by atoms with E-state index in [2.05, 4.69) is 26.4 Å². The lowest BCUT2D eigenvalue weighted by Gasteiger charge is -2.29. The van der Waals surface area contributed by atoms with E-state index in [0.717, 1.165) is 11.1 Å². The van der Waals surface area contributed by atoms with Gasteiger partial charge in [0.1, 0.15) is 41.5 Å². The van der Waals surface area contributed by atoms with Gasteiger partial charge < -0.3 is 30.0 Å². The Kier molecular flexibility index (Phi) is 12.6. The molecule has 2 aromatic carbocycles. The molecule has 0 spiro atoms. The predicted octanol–water partition coefficient (Wildman–Crippen LogP) is 3.75. The molecular formula is C35H42N6O6. The number of aldehydes is 1. The standard InChI is InChI=1S/C35H42N6O6/c1-21(2)30(39-32(44)28-15-23(4)47-41-28)33(45)38-29(20-42)34(37-19-24-13-11-22(3)12-14-24)46-27-10-8-9-25(17-27)16-26(18-36)31(43)40-35(5,6)7/h8-17,20-21,29-30,34,37H,19H2,1-7H3,(H,38,45)(H,39,44)(H,40,43)/t29?,30-,34-/m0/s1. The van der Waals surface area contributed by atoms with Crippen molar-refractivity contribution in [2.45, 2.75) is 78.9 Å². The van der Waals surface area contributed by atoms with Crippen molar-refractivity contribution in [3.8, 4) is 11.8 Å². The van der Waals surface area contributed by atoms with Crippen molar-refractivity contribution in [2.24, 2.45) is 5.92 Å². The summed E-state index contributed by atoms with van der Waals surface area (Å²) in [5.41, 5.74) is 1.91. The van der Waals surface area contributed by atoms with E-state index >= 15 is 0 Å². The molecule has 0 radical (unpaired) electrons. The molecule has 0 aliphatic rings. The van der Waals surface area contributed by atoms with Crippen molar-refractivity contribution in [1.82, 2.24) is 26.4 Å². The SMILES string of the molecule is Cc1ccc(CN[C@@H](Oc2cccc(C=C(C#N)C(=O)NC(C)(C)C)c2)C(C=O)NC(=O)[C@@H](NC(=O)c2cc(C)on2)C(C)C)cc1. The van der Waals surface area contributed by atoms with Crippen LogP contribution < -0.4 is 26.0 Å². The average molecular weight is 643 g/mol. The van der Waals surface area contributed by atoms with E-state index < -0.39 is 41.6 Å². The van der Waals surface area contributed by atoms with Crippen LogP contribution in [0.15, 0.2) is 64.7 Å². The summed E-state index contributed by atoms with van der Waals surface area (Å²) in [6, 6.07) is 15.6. The summed E-state index contributed by atoms with van der Waals surface area (Å²) in [5, 5.41) is 24.7. The number of ether oxygens (including phenoxy) is 1. The van der Waals surface area contributed by atoms with Gasteiger partial charge in [-0.05, 0) is 69.9 Å². The van der Waals surface area contributed by atoms with E-state index in [1.807, 2.05) is 58.0 Å². The quantitative estimate of drug-likeness (QED) is 0.0883. The lowest BCUT2D eigenvalue weighted by atomic mass is 10.0. The summed E-state index contributed by atoms with van der Waals surface area (Å²) < 4.78 is 11.2. The number of aryl methyl sites for hydroxylation is 2. The molecular weight excluding hydrogens is 600 g/mol. The Balaban J connectivity index is 1.86. The summed E-state index contributed by atoms with van der Waals surface area (Å²) in [6.07, 6.45) is 0.936. The molecule has 4 N–H and O–H groups in total. The zero-order valence-electron chi connectivity index (χ0n) is 27.7. The Hall–Kier alpha value is -5.28. The number of hydrogen-bond acceptors (Lipinski definition) is 9. The van der Waals surface area contributed by atoms with E-state index in [1.54, 1.807) is 45.0 Å². The second-order valence-electron chi connectivity index (χ2n) is 12.5. The zero-order chi connectivity index (χ0) is 34.7. The Morgan fingerprint density at radius 2 is 1.74 bits per heavy atom. The molecule has 3 atom stereocenters. The molecule has 1 unspecified atom stereocenters. The van der Waals surface area contributed by atoms with E-state index in [1.165, 1.54) is 12.1 Å². The van der Waals surface area contributed by atoms with Crippen molar-refractivity contribution in [2.75, 3.05) is 0 Å². The molecule has 0 saturated carbocycles. The second kappa shape index (κ2) is 16.3. The van der Waals surface area contributed by atoms with E-state index in [9.17, 15) is 24.4 Å².